The molecule has 0 saturated heterocycles. The van der Waals surface area contributed by atoms with Gasteiger partial charge in [0.2, 0.25) is 0 Å². The van der Waals surface area contributed by atoms with Gasteiger partial charge in [0.05, 0.1) is 0 Å². The molecule has 0 aromatic heterocycles. The van der Waals surface area contributed by atoms with Crippen LogP contribution < -0.4 is 0 Å². The Labute approximate surface area is 182 Å². The fourth-order valence-corrected chi connectivity index (χ4v) is 9.05. The first-order chi connectivity index (χ1) is 13.8. The maximum absolute atomic E-state index is 2.75. The molecule has 166 valence electrons. The number of hydrogen-bond acceptors (Lipinski definition) is 0. The van der Waals surface area contributed by atoms with Crippen molar-refractivity contribution in [1.82, 2.24) is 0 Å². The van der Waals surface area contributed by atoms with E-state index in [0.29, 0.717) is 16.2 Å². The van der Waals surface area contributed by atoms with Gasteiger partial charge in [0.25, 0.3) is 0 Å². The smallest absolute Gasteiger partial charge is 0.00853 e. The van der Waals surface area contributed by atoms with Crippen molar-refractivity contribution in [2.45, 2.75) is 125 Å². The SMILES string of the molecule is CCC(C)(CC)CCC(C)C1CCC2C3CC=C4CCCCC4(C)C3CCC12C. The highest BCUT2D eigenvalue weighted by Gasteiger charge is 2.58. The largest absolute Gasteiger partial charge is 0.0845 e. The van der Waals surface area contributed by atoms with E-state index in [1.165, 1.54) is 83.5 Å². The van der Waals surface area contributed by atoms with E-state index in [-0.39, 0.29) is 0 Å². The molecule has 0 bridgehead atoms. The highest BCUT2D eigenvalue weighted by Crippen LogP contribution is 2.67. The van der Waals surface area contributed by atoms with Crippen LogP contribution in [0.25, 0.3) is 0 Å². The van der Waals surface area contributed by atoms with Gasteiger partial charge in [-0.3, -0.25) is 0 Å². The zero-order chi connectivity index (χ0) is 20.9. The summed E-state index contributed by atoms with van der Waals surface area (Å²) < 4.78 is 0. The van der Waals surface area contributed by atoms with Crippen LogP contribution in [0, 0.1) is 45.8 Å². The van der Waals surface area contributed by atoms with Gasteiger partial charge in [-0.1, -0.05) is 72.5 Å². The summed E-state index contributed by atoms with van der Waals surface area (Å²) in [4.78, 5) is 0. The van der Waals surface area contributed by atoms with Gasteiger partial charge >= 0.3 is 0 Å². The van der Waals surface area contributed by atoms with Crippen molar-refractivity contribution in [3.63, 3.8) is 0 Å². The minimum Gasteiger partial charge on any atom is -0.0845 e. The molecule has 3 fully saturated rings. The molecule has 4 aliphatic rings. The highest BCUT2D eigenvalue weighted by atomic mass is 14.6. The van der Waals surface area contributed by atoms with Crippen molar-refractivity contribution >= 4 is 0 Å². The van der Waals surface area contributed by atoms with Gasteiger partial charge in [-0.05, 0) is 110 Å². The van der Waals surface area contributed by atoms with Crippen LogP contribution in [0.2, 0.25) is 0 Å². The molecule has 0 nitrogen and oxygen atoms in total. The monoisotopic (exact) mass is 398 g/mol. The van der Waals surface area contributed by atoms with Crippen LogP contribution in [0.3, 0.4) is 0 Å². The van der Waals surface area contributed by atoms with Gasteiger partial charge in [-0.15, -0.1) is 0 Å². The fraction of sp³-hybridized carbons (Fsp3) is 0.931. The zero-order valence-corrected chi connectivity index (χ0v) is 20.7. The van der Waals surface area contributed by atoms with E-state index in [1.54, 1.807) is 0 Å². The van der Waals surface area contributed by atoms with Gasteiger partial charge in [-0.25, -0.2) is 0 Å². The molecule has 0 aromatic rings. The first kappa shape index (κ1) is 22.0. The minimum atomic E-state index is 0.566. The lowest BCUT2D eigenvalue weighted by Crippen LogP contribution is -2.50. The maximum Gasteiger partial charge on any atom is -0.00853 e. The summed E-state index contributed by atoms with van der Waals surface area (Å²) in [6.45, 7) is 15.4. The molecule has 0 spiro atoms. The Morgan fingerprint density at radius 1 is 1.03 bits per heavy atom. The van der Waals surface area contributed by atoms with Crippen LogP contribution in [-0.4, -0.2) is 0 Å². The number of fused-ring (bicyclic) bond motifs is 5. The molecule has 7 atom stereocenters. The van der Waals surface area contributed by atoms with Gasteiger partial charge in [0, 0.05) is 0 Å². The molecular formula is C29H50. The van der Waals surface area contributed by atoms with Crippen LogP contribution >= 0.6 is 0 Å². The third kappa shape index (κ3) is 3.57. The Balaban J connectivity index is 1.49. The summed E-state index contributed by atoms with van der Waals surface area (Å²) in [5, 5.41) is 0. The second-order valence-electron chi connectivity index (χ2n) is 12.7. The molecule has 0 amide bonds. The van der Waals surface area contributed by atoms with E-state index in [0.717, 1.165) is 29.6 Å². The predicted octanol–water partition coefficient (Wildman–Crippen LogP) is 9.20. The predicted molar refractivity (Wildman–Crippen MR) is 127 cm³/mol. The lowest BCUT2D eigenvalue weighted by atomic mass is 9.47. The highest BCUT2D eigenvalue weighted by molar-refractivity contribution is 5.24. The van der Waals surface area contributed by atoms with Crippen molar-refractivity contribution in [1.29, 1.82) is 0 Å². The topological polar surface area (TPSA) is 0 Å². The standard InChI is InChI=1S/C29H50/c1-7-27(4,8-2)19-16-21(3)24-14-15-25-23-13-12-22-11-9-10-18-28(22,5)26(23)17-20-29(24,25)6/h12,21,23-26H,7-11,13-20H2,1-6H3. The van der Waals surface area contributed by atoms with Crippen LogP contribution in [0.4, 0.5) is 0 Å². The number of hydrogen-bond donors (Lipinski definition) is 0. The summed E-state index contributed by atoms with van der Waals surface area (Å²) in [6.07, 6.45) is 21.7. The third-order valence-electron chi connectivity index (χ3n) is 11.7. The first-order valence-corrected chi connectivity index (χ1v) is 13.5. The van der Waals surface area contributed by atoms with E-state index < -0.39 is 0 Å². The lowest BCUT2D eigenvalue weighted by molar-refractivity contribution is -0.0506. The Morgan fingerprint density at radius 3 is 2.52 bits per heavy atom. The molecule has 0 N–H and O–H groups in total. The van der Waals surface area contributed by atoms with E-state index >= 15 is 0 Å². The normalized spacial score (nSPS) is 43.2. The molecule has 4 rings (SSSR count). The lowest BCUT2D eigenvalue weighted by Gasteiger charge is -2.58. The van der Waals surface area contributed by atoms with Gasteiger partial charge in [0.15, 0.2) is 0 Å². The van der Waals surface area contributed by atoms with Gasteiger partial charge in [0.1, 0.15) is 0 Å². The van der Waals surface area contributed by atoms with Gasteiger partial charge in [-0.2, -0.15) is 0 Å². The Morgan fingerprint density at radius 2 is 1.79 bits per heavy atom. The fourth-order valence-electron chi connectivity index (χ4n) is 9.05. The van der Waals surface area contributed by atoms with E-state index in [9.17, 15) is 0 Å². The average Bonchev–Trinajstić information content (AvgIpc) is 3.08. The summed E-state index contributed by atoms with van der Waals surface area (Å²) in [7, 11) is 0. The molecule has 7 unspecified atom stereocenters. The molecule has 0 radical (unpaired) electrons. The molecule has 0 aliphatic heterocycles. The van der Waals surface area contributed by atoms with E-state index in [2.05, 4.69) is 47.6 Å². The summed E-state index contributed by atoms with van der Waals surface area (Å²) in [6, 6.07) is 0. The van der Waals surface area contributed by atoms with Crippen molar-refractivity contribution < 1.29 is 0 Å². The zero-order valence-electron chi connectivity index (χ0n) is 20.7. The van der Waals surface area contributed by atoms with Crippen molar-refractivity contribution in [2.75, 3.05) is 0 Å². The summed E-state index contributed by atoms with van der Waals surface area (Å²) >= 11 is 0. The first-order valence-electron chi connectivity index (χ1n) is 13.5. The quantitative estimate of drug-likeness (QED) is 0.391. The Kier molecular flexibility index (Phi) is 6.07. The molecule has 29 heavy (non-hydrogen) atoms. The number of allylic oxidation sites excluding steroid dienone is 2. The van der Waals surface area contributed by atoms with E-state index in [4.69, 9.17) is 0 Å². The molecule has 4 aliphatic carbocycles. The Hall–Kier alpha value is -0.260. The molecule has 0 heteroatoms. The van der Waals surface area contributed by atoms with Crippen LogP contribution in [0.15, 0.2) is 11.6 Å². The second-order valence-corrected chi connectivity index (χ2v) is 12.7. The Bertz CT molecular complexity index is 610. The molecule has 0 aromatic carbocycles. The second kappa shape index (κ2) is 8.02. The molecule has 3 saturated carbocycles. The van der Waals surface area contributed by atoms with Gasteiger partial charge < -0.3 is 0 Å². The van der Waals surface area contributed by atoms with Crippen LogP contribution in [-0.2, 0) is 0 Å². The van der Waals surface area contributed by atoms with Crippen molar-refractivity contribution in [2.24, 2.45) is 45.8 Å². The maximum atomic E-state index is 2.75. The average molecular weight is 399 g/mol. The third-order valence-corrected chi connectivity index (χ3v) is 11.7. The summed E-state index contributed by atoms with van der Waals surface area (Å²) in [5.41, 5.74) is 3.64. The van der Waals surface area contributed by atoms with Crippen molar-refractivity contribution in [3.05, 3.63) is 11.6 Å². The summed E-state index contributed by atoms with van der Waals surface area (Å²) in [5.74, 6) is 4.90. The molecular weight excluding hydrogens is 348 g/mol. The van der Waals surface area contributed by atoms with E-state index in [1.807, 2.05) is 5.57 Å². The molecule has 0 heterocycles. The van der Waals surface area contributed by atoms with Crippen molar-refractivity contribution in [3.8, 4) is 0 Å². The van der Waals surface area contributed by atoms with Crippen LogP contribution in [0.5, 0.6) is 0 Å². The number of rotatable bonds is 6. The minimum absolute atomic E-state index is 0.566. The van der Waals surface area contributed by atoms with Crippen LogP contribution in [0.1, 0.15) is 125 Å².